The summed E-state index contributed by atoms with van der Waals surface area (Å²) in [6.45, 7) is 1.39. The molecule has 19 heavy (non-hydrogen) atoms. The van der Waals surface area contributed by atoms with Gasteiger partial charge in [-0.05, 0) is 31.2 Å². The van der Waals surface area contributed by atoms with Gasteiger partial charge >= 0.3 is 0 Å². The Labute approximate surface area is 122 Å². The predicted molar refractivity (Wildman–Crippen MR) is 82.4 cm³/mol. The molecule has 0 radical (unpaired) electrons. The largest absolute Gasteiger partial charge is 0.392 e. The number of nitrogens with zero attached hydrogens (tertiary/aromatic N) is 2. The van der Waals surface area contributed by atoms with Crippen LogP contribution in [0.3, 0.4) is 0 Å². The second-order valence-corrected chi connectivity index (χ2v) is 6.22. The number of piperidine rings is 1. The normalized spacial score (nSPS) is 18.1. The number of amides is 1. The maximum Gasteiger partial charge on any atom is 0.253 e. The highest BCUT2D eigenvalue weighted by atomic mass is 32.2. The molecular weight excluding hydrogens is 278 g/mol. The molecule has 1 aliphatic heterocycles. The van der Waals surface area contributed by atoms with Gasteiger partial charge in [-0.2, -0.15) is 11.8 Å². The molecule has 0 aromatic carbocycles. The van der Waals surface area contributed by atoms with Crippen LogP contribution in [0.4, 0.5) is 0 Å². The molecule has 1 aromatic rings. The molecule has 2 heterocycles. The fourth-order valence-electron chi connectivity index (χ4n) is 2.30. The maximum atomic E-state index is 12.3. The number of pyridine rings is 1. The molecule has 0 saturated carbocycles. The zero-order valence-electron chi connectivity index (χ0n) is 10.8. The van der Waals surface area contributed by atoms with Crippen molar-refractivity contribution in [2.45, 2.75) is 17.6 Å². The van der Waals surface area contributed by atoms with Crippen LogP contribution >= 0.6 is 24.0 Å². The molecule has 102 valence electrons. The van der Waals surface area contributed by atoms with Crippen LogP contribution in [0.2, 0.25) is 0 Å². The minimum absolute atomic E-state index is 0.0556. The van der Waals surface area contributed by atoms with E-state index >= 15 is 0 Å². The van der Waals surface area contributed by atoms with Crippen LogP contribution in [0.25, 0.3) is 0 Å². The fraction of sp³-hybridized carbons (Fsp3) is 0.462. The smallest absolute Gasteiger partial charge is 0.253 e. The van der Waals surface area contributed by atoms with E-state index in [0.717, 1.165) is 12.8 Å². The van der Waals surface area contributed by atoms with Gasteiger partial charge in [-0.1, -0.05) is 12.2 Å². The topological polar surface area (TPSA) is 59.2 Å². The molecule has 4 nitrogen and oxygen atoms in total. The van der Waals surface area contributed by atoms with Gasteiger partial charge in [-0.15, -0.1) is 0 Å². The summed E-state index contributed by atoms with van der Waals surface area (Å²) in [5, 5.41) is 0. The van der Waals surface area contributed by atoms with Gasteiger partial charge in [0.15, 0.2) is 0 Å². The average molecular weight is 295 g/mol. The Morgan fingerprint density at radius 2 is 2.00 bits per heavy atom. The number of carbonyl (C=O) groups is 1. The molecule has 1 aliphatic rings. The van der Waals surface area contributed by atoms with E-state index in [1.807, 2.05) is 11.2 Å². The van der Waals surface area contributed by atoms with Crippen molar-refractivity contribution in [3.05, 3.63) is 30.1 Å². The minimum Gasteiger partial charge on any atom is -0.392 e. The summed E-state index contributed by atoms with van der Waals surface area (Å²) < 4.78 is -0.148. The highest BCUT2D eigenvalue weighted by Crippen LogP contribution is 2.35. The zero-order chi connectivity index (χ0) is 13.9. The summed E-state index contributed by atoms with van der Waals surface area (Å²) in [6.07, 6.45) is 6.94. The molecule has 2 N–H and O–H groups in total. The van der Waals surface area contributed by atoms with Gasteiger partial charge in [0.1, 0.15) is 0 Å². The number of hydrogen-bond acceptors (Lipinski definition) is 4. The number of aromatic nitrogens is 1. The molecule has 0 unspecified atom stereocenters. The van der Waals surface area contributed by atoms with Crippen molar-refractivity contribution >= 4 is 34.9 Å². The molecule has 0 spiro atoms. The first-order chi connectivity index (χ1) is 9.09. The Morgan fingerprint density at radius 1 is 1.42 bits per heavy atom. The van der Waals surface area contributed by atoms with Crippen LogP contribution in [0.5, 0.6) is 0 Å². The number of thioether (sulfide) groups is 1. The third-order valence-corrected chi connectivity index (χ3v) is 5.55. The summed E-state index contributed by atoms with van der Waals surface area (Å²) in [7, 11) is 0. The van der Waals surface area contributed by atoms with Gasteiger partial charge in [-0.25, -0.2) is 0 Å². The van der Waals surface area contributed by atoms with Crippen LogP contribution in [0, 0.1) is 0 Å². The maximum absolute atomic E-state index is 12.3. The molecule has 6 heteroatoms. The third kappa shape index (κ3) is 2.90. The van der Waals surface area contributed by atoms with Crippen molar-refractivity contribution < 1.29 is 4.79 Å². The second-order valence-electron chi connectivity index (χ2n) is 4.59. The van der Waals surface area contributed by atoms with E-state index in [2.05, 4.69) is 4.98 Å². The van der Waals surface area contributed by atoms with E-state index in [1.54, 1.807) is 36.3 Å². The van der Waals surface area contributed by atoms with Gasteiger partial charge in [0, 0.05) is 31.0 Å². The van der Waals surface area contributed by atoms with Crippen LogP contribution in [-0.4, -0.2) is 44.9 Å². The number of likely N-dealkylation sites (tertiary alicyclic amines) is 1. The van der Waals surface area contributed by atoms with Crippen LogP contribution in [0.15, 0.2) is 24.5 Å². The highest BCUT2D eigenvalue weighted by Gasteiger charge is 2.37. The Kier molecular flexibility index (Phi) is 4.42. The van der Waals surface area contributed by atoms with Gasteiger partial charge in [-0.3, -0.25) is 9.78 Å². The van der Waals surface area contributed by atoms with Crippen LogP contribution in [0.1, 0.15) is 23.2 Å². The van der Waals surface area contributed by atoms with Crippen molar-refractivity contribution in [3.8, 4) is 0 Å². The molecule has 0 aliphatic carbocycles. The number of hydrogen-bond donors (Lipinski definition) is 1. The van der Waals surface area contributed by atoms with Crippen LogP contribution < -0.4 is 5.73 Å². The van der Waals surface area contributed by atoms with Crippen molar-refractivity contribution in [3.63, 3.8) is 0 Å². The summed E-state index contributed by atoms with van der Waals surface area (Å²) in [4.78, 5) is 18.6. The monoisotopic (exact) mass is 295 g/mol. The van der Waals surface area contributed by atoms with Gasteiger partial charge in [0.25, 0.3) is 5.91 Å². The Balaban J connectivity index is 2.04. The Hall–Kier alpha value is -1.14. The Morgan fingerprint density at radius 3 is 2.47 bits per heavy atom. The molecule has 1 aromatic heterocycles. The summed E-state index contributed by atoms with van der Waals surface area (Å²) in [6, 6.07) is 3.48. The molecule has 0 atom stereocenters. The lowest BCUT2D eigenvalue weighted by Crippen LogP contribution is -2.50. The lowest BCUT2D eigenvalue weighted by molar-refractivity contribution is 0.0719. The lowest BCUT2D eigenvalue weighted by atomic mass is 9.95. The first kappa shape index (κ1) is 14.3. The number of nitrogens with two attached hydrogens (primary N) is 1. The summed E-state index contributed by atoms with van der Waals surface area (Å²) in [5.41, 5.74) is 6.53. The van der Waals surface area contributed by atoms with E-state index in [-0.39, 0.29) is 10.7 Å². The molecule has 2 rings (SSSR count). The van der Waals surface area contributed by atoms with E-state index in [9.17, 15) is 4.79 Å². The highest BCUT2D eigenvalue weighted by molar-refractivity contribution is 8.02. The zero-order valence-corrected chi connectivity index (χ0v) is 12.5. The van der Waals surface area contributed by atoms with Gasteiger partial charge < -0.3 is 10.6 Å². The third-order valence-electron chi connectivity index (χ3n) is 3.63. The van der Waals surface area contributed by atoms with Crippen molar-refractivity contribution in [1.29, 1.82) is 0 Å². The van der Waals surface area contributed by atoms with Crippen molar-refractivity contribution in [2.24, 2.45) is 5.73 Å². The molecule has 1 amide bonds. The average Bonchev–Trinajstić information content (AvgIpc) is 2.47. The first-order valence-electron chi connectivity index (χ1n) is 6.13. The van der Waals surface area contributed by atoms with E-state index < -0.39 is 0 Å². The standard InChI is InChI=1S/C13H17N3OS2/c1-19-13(12(14)18)4-8-16(9-5-13)11(17)10-2-6-15-7-3-10/h2-3,6-7H,4-5,8-9H2,1H3,(H2,14,18). The minimum atomic E-state index is -0.148. The van der Waals surface area contributed by atoms with Crippen molar-refractivity contribution in [2.75, 3.05) is 19.3 Å². The fourth-order valence-corrected chi connectivity index (χ4v) is 3.55. The quantitative estimate of drug-likeness (QED) is 0.860. The SMILES string of the molecule is CSC1(C(N)=S)CCN(C(=O)c2ccncc2)CC1. The number of carbonyl (C=O) groups excluding carboxylic acids is 1. The number of rotatable bonds is 3. The Bertz CT molecular complexity index is 470. The molecule has 0 bridgehead atoms. The van der Waals surface area contributed by atoms with Gasteiger partial charge in [0.05, 0.1) is 9.74 Å². The summed E-state index contributed by atoms with van der Waals surface area (Å²) in [5.74, 6) is 0.0556. The lowest BCUT2D eigenvalue weighted by Gasteiger charge is -2.40. The second kappa shape index (κ2) is 5.88. The van der Waals surface area contributed by atoms with Crippen molar-refractivity contribution in [1.82, 2.24) is 9.88 Å². The first-order valence-corrected chi connectivity index (χ1v) is 7.77. The number of thiocarbonyl (C=S) groups is 1. The van der Waals surface area contributed by atoms with Crippen LogP contribution in [-0.2, 0) is 0 Å². The molecule has 1 fully saturated rings. The predicted octanol–water partition coefficient (Wildman–Crippen LogP) is 1.71. The van der Waals surface area contributed by atoms with E-state index in [0.29, 0.717) is 23.6 Å². The van der Waals surface area contributed by atoms with E-state index in [1.165, 1.54) is 0 Å². The van der Waals surface area contributed by atoms with E-state index in [4.69, 9.17) is 18.0 Å². The molecular formula is C13H17N3OS2. The van der Waals surface area contributed by atoms with Gasteiger partial charge in [0.2, 0.25) is 0 Å². The molecule has 1 saturated heterocycles. The summed E-state index contributed by atoms with van der Waals surface area (Å²) >= 11 is 6.87.